The molecule has 0 spiro atoms. The van der Waals surface area contributed by atoms with Gasteiger partial charge in [-0.15, -0.1) is 0 Å². The number of halogens is 3. The highest BCUT2D eigenvalue weighted by Gasteiger charge is 2.48. The van der Waals surface area contributed by atoms with E-state index in [4.69, 9.17) is 27.3 Å². The lowest BCUT2D eigenvalue weighted by Crippen LogP contribution is -2.59. The van der Waals surface area contributed by atoms with Crippen LogP contribution in [0.25, 0.3) is 0 Å². The lowest BCUT2D eigenvalue weighted by molar-refractivity contribution is -0.154. The first-order valence-electron chi connectivity index (χ1n) is 11.4. The summed E-state index contributed by atoms with van der Waals surface area (Å²) in [6.45, 7) is 3.73. The third-order valence-electron chi connectivity index (χ3n) is 6.75. The third kappa shape index (κ3) is 4.99. The Hall–Kier alpha value is -2.91. The molecule has 1 aliphatic rings. The van der Waals surface area contributed by atoms with Crippen molar-refractivity contribution in [1.29, 1.82) is 0 Å². The second-order valence-electron chi connectivity index (χ2n) is 9.37. The fourth-order valence-corrected chi connectivity index (χ4v) is 5.07. The van der Waals surface area contributed by atoms with Crippen molar-refractivity contribution in [3.63, 3.8) is 0 Å². The normalized spacial score (nSPS) is 20.9. The topological polar surface area (TPSA) is 94.1 Å². The maximum absolute atomic E-state index is 14.8. The van der Waals surface area contributed by atoms with Crippen molar-refractivity contribution in [3.05, 3.63) is 70.0 Å². The van der Waals surface area contributed by atoms with Gasteiger partial charge in [-0.2, -0.15) is 5.10 Å². The quantitative estimate of drug-likeness (QED) is 0.417. The molecule has 0 bridgehead atoms. The summed E-state index contributed by atoms with van der Waals surface area (Å²) in [6.07, 6.45) is 0.0511. The van der Waals surface area contributed by atoms with Crippen LogP contribution in [-0.2, 0) is 16.6 Å². The van der Waals surface area contributed by atoms with E-state index in [-0.39, 0.29) is 42.1 Å². The predicted octanol–water partition coefficient (Wildman–Crippen LogP) is 4.03. The van der Waals surface area contributed by atoms with Gasteiger partial charge in [-0.3, -0.25) is 9.89 Å². The molecule has 0 aliphatic carbocycles. The molecule has 7 nitrogen and oxygen atoms in total. The van der Waals surface area contributed by atoms with Crippen molar-refractivity contribution in [2.24, 2.45) is 5.41 Å². The summed E-state index contributed by atoms with van der Waals surface area (Å²) in [4.78, 5) is 18.5. The number of carboxylic acid groups (broad SMARTS) is 1. The van der Waals surface area contributed by atoms with Crippen LogP contribution < -0.4 is 5.32 Å². The van der Waals surface area contributed by atoms with Gasteiger partial charge in [0.15, 0.2) is 5.82 Å². The van der Waals surface area contributed by atoms with Crippen molar-refractivity contribution in [2.45, 2.75) is 44.5 Å². The van der Waals surface area contributed by atoms with Crippen LogP contribution in [0.4, 0.5) is 20.4 Å². The highest BCUT2D eigenvalue weighted by Crippen LogP contribution is 2.42. The number of rotatable bonds is 7. The Morgan fingerprint density at radius 2 is 2.08 bits per heavy atom. The summed E-state index contributed by atoms with van der Waals surface area (Å²) in [6, 6.07) is 8.37. The number of aromatic amines is 1. The van der Waals surface area contributed by atoms with Gasteiger partial charge in [-0.1, -0.05) is 23.7 Å². The van der Waals surface area contributed by atoms with Crippen molar-refractivity contribution in [1.82, 2.24) is 20.1 Å². The maximum Gasteiger partial charge on any atom is 0.310 e. The number of hydrogen-bond donors (Lipinski definition) is 3. The van der Waals surface area contributed by atoms with Crippen molar-refractivity contribution >= 4 is 44.9 Å². The first-order valence-corrected chi connectivity index (χ1v) is 11.8. The predicted molar refractivity (Wildman–Crippen MR) is 135 cm³/mol. The molecular weight excluding hydrogens is 485 g/mol. The van der Waals surface area contributed by atoms with E-state index in [1.54, 1.807) is 24.0 Å². The summed E-state index contributed by atoms with van der Waals surface area (Å²) in [7, 11) is 12.8. The van der Waals surface area contributed by atoms with Crippen LogP contribution >= 0.6 is 11.6 Å². The molecule has 36 heavy (non-hydrogen) atoms. The molecule has 2 aromatic heterocycles. The van der Waals surface area contributed by atoms with E-state index < -0.39 is 34.4 Å². The zero-order valence-electron chi connectivity index (χ0n) is 19.9. The van der Waals surface area contributed by atoms with E-state index in [0.29, 0.717) is 11.6 Å². The van der Waals surface area contributed by atoms with Crippen LogP contribution in [0, 0.1) is 24.0 Å². The fraction of sp³-hybridized carbons (Fsp3) is 0.375. The Morgan fingerprint density at radius 3 is 2.72 bits per heavy atom. The lowest BCUT2D eigenvalue weighted by Gasteiger charge is -2.51. The highest BCUT2D eigenvalue weighted by atomic mass is 35.5. The van der Waals surface area contributed by atoms with Crippen LogP contribution in [0.5, 0.6) is 0 Å². The molecule has 1 saturated heterocycles. The zero-order chi connectivity index (χ0) is 26.3. The number of piperidine rings is 1. The van der Waals surface area contributed by atoms with Gasteiger partial charge in [0.2, 0.25) is 0 Å². The molecule has 3 aromatic rings. The van der Waals surface area contributed by atoms with Gasteiger partial charge in [0.05, 0.1) is 31.8 Å². The summed E-state index contributed by atoms with van der Waals surface area (Å²) in [5.41, 5.74) is -0.472. The smallest absolute Gasteiger partial charge is 0.310 e. The average Bonchev–Trinajstić information content (AvgIpc) is 3.22. The number of benzene rings is 1. The summed E-state index contributed by atoms with van der Waals surface area (Å²) in [5.74, 6) is -1.58. The molecule has 1 fully saturated rings. The molecule has 3 N–H and O–H groups in total. The minimum absolute atomic E-state index is 0.00441. The number of carbonyl (C=O) groups is 1. The van der Waals surface area contributed by atoms with Crippen LogP contribution in [0.3, 0.4) is 0 Å². The number of aryl methyl sites for hydroxylation is 1. The highest BCUT2D eigenvalue weighted by molar-refractivity contribution is 6.40. The minimum Gasteiger partial charge on any atom is -0.481 e. The molecule has 0 amide bonds. The van der Waals surface area contributed by atoms with Crippen LogP contribution in [-0.4, -0.2) is 59.4 Å². The van der Waals surface area contributed by atoms with Gasteiger partial charge in [-0.25, -0.2) is 13.8 Å². The summed E-state index contributed by atoms with van der Waals surface area (Å²) in [5, 5.41) is 18.2. The summed E-state index contributed by atoms with van der Waals surface area (Å²) >= 11 is 5.92. The molecule has 1 aromatic carbocycles. The SMILES string of the molecule is [B]C([B])(c1cccc(Cl)c1F)N1CCC(Cc2nc(Nc3cc(C)[nH]n3)ccc2F)(C(=O)O)CC1C. The fourth-order valence-electron chi connectivity index (χ4n) is 4.89. The first-order chi connectivity index (χ1) is 16.9. The molecule has 3 heterocycles. The van der Waals surface area contributed by atoms with E-state index in [1.807, 2.05) is 6.92 Å². The van der Waals surface area contributed by atoms with Gasteiger partial charge in [0, 0.05) is 24.2 Å². The zero-order valence-corrected chi connectivity index (χ0v) is 20.6. The molecule has 0 saturated carbocycles. The molecule has 184 valence electrons. The second-order valence-corrected chi connectivity index (χ2v) is 9.78. The number of aliphatic carboxylic acids is 1. The Labute approximate surface area is 215 Å². The number of anilines is 2. The maximum atomic E-state index is 14.8. The molecule has 2 atom stereocenters. The molecule has 12 heteroatoms. The number of hydrogen-bond acceptors (Lipinski definition) is 5. The summed E-state index contributed by atoms with van der Waals surface area (Å²) < 4.78 is 29.5. The van der Waals surface area contributed by atoms with Gasteiger partial charge < -0.3 is 15.3 Å². The van der Waals surface area contributed by atoms with E-state index in [2.05, 4.69) is 20.5 Å². The van der Waals surface area contributed by atoms with Crippen LogP contribution in [0.2, 0.25) is 5.02 Å². The van der Waals surface area contributed by atoms with Gasteiger partial charge in [0.1, 0.15) is 17.5 Å². The first kappa shape index (κ1) is 26.2. The van der Waals surface area contributed by atoms with Gasteiger partial charge in [-0.05, 0) is 62.3 Å². The monoisotopic (exact) mass is 509 g/mol. The van der Waals surface area contributed by atoms with E-state index in [9.17, 15) is 18.7 Å². The van der Waals surface area contributed by atoms with Crippen molar-refractivity contribution in [2.75, 3.05) is 11.9 Å². The Morgan fingerprint density at radius 1 is 1.33 bits per heavy atom. The standard InChI is InChI=1S/C24H24B2ClF2N5O2/c1-13-10-20(33-32-13)31-19-7-6-17(28)18(30-19)12-23(22(35)36)8-9-34(14(2)11-23)24(25,26)15-4-3-5-16(27)21(15)29/h3-7,10,14H,8-9,11-12H2,1-2H3,(H,35,36)(H2,30,31,32,33). The minimum atomic E-state index is -1.73. The van der Waals surface area contributed by atoms with E-state index >= 15 is 0 Å². The number of nitrogens with one attached hydrogen (secondary N) is 2. The van der Waals surface area contributed by atoms with Gasteiger partial charge in [0.25, 0.3) is 0 Å². The number of pyridine rings is 1. The number of aromatic nitrogens is 3. The second kappa shape index (κ2) is 9.86. The number of carboxylic acids is 1. The molecule has 1 aliphatic heterocycles. The number of likely N-dealkylation sites (tertiary alicyclic amines) is 1. The number of H-pyrrole nitrogens is 1. The largest absolute Gasteiger partial charge is 0.481 e. The molecule has 4 radical (unpaired) electrons. The third-order valence-corrected chi connectivity index (χ3v) is 7.04. The molecule has 4 rings (SSSR count). The molecular formula is C24H24B2ClF2N5O2. The van der Waals surface area contributed by atoms with Crippen LogP contribution in [0.1, 0.15) is 36.7 Å². The average molecular weight is 510 g/mol. The van der Waals surface area contributed by atoms with Crippen molar-refractivity contribution in [3.8, 4) is 0 Å². The van der Waals surface area contributed by atoms with Crippen LogP contribution in [0.15, 0.2) is 36.4 Å². The Kier molecular flexibility index (Phi) is 7.16. The molecule has 2 unspecified atom stereocenters. The van der Waals surface area contributed by atoms with E-state index in [1.165, 1.54) is 24.3 Å². The van der Waals surface area contributed by atoms with Crippen molar-refractivity contribution < 1.29 is 18.7 Å². The van der Waals surface area contributed by atoms with Gasteiger partial charge >= 0.3 is 5.97 Å². The Balaban J connectivity index is 1.58. The van der Waals surface area contributed by atoms with E-state index in [0.717, 1.165) is 5.69 Å². The Bertz CT molecular complexity index is 1290. The lowest BCUT2D eigenvalue weighted by atomic mass is 9.55. The number of nitrogens with zero attached hydrogens (tertiary/aromatic N) is 3.